The van der Waals surface area contributed by atoms with Gasteiger partial charge in [0.05, 0.1) is 6.04 Å². The lowest BCUT2D eigenvalue weighted by Crippen LogP contribution is -2.46. The zero-order chi connectivity index (χ0) is 12.6. The van der Waals surface area contributed by atoms with Crippen LogP contribution in [0.15, 0.2) is 0 Å². The van der Waals surface area contributed by atoms with Crippen molar-refractivity contribution < 1.29 is 9.53 Å². The molecular formula is C11H24N2O2S. The molecule has 2 atom stereocenters. The van der Waals surface area contributed by atoms with Crippen molar-refractivity contribution >= 4 is 17.7 Å². The van der Waals surface area contributed by atoms with Crippen LogP contribution in [0.25, 0.3) is 0 Å². The number of nitrogens with zero attached hydrogens (tertiary/aromatic N) is 1. The van der Waals surface area contributed by atoms with Gasteiger partial charge in [-0.15, -0.1) is 0 Å². The maximum absolute atomic E-state index is 11.9. The zero-order valence-electron chi connectivity index (χ0n) is 10.7. The minimum absolute atomic E-state index is 0.00523. The van der Waals surface area contributed by atoms with Gasteiger partial charge in [-0.05, 0) is 31.8 Å². The first-order valence-corrected chi connectivity index (χ1v) is 6.94. The lowest BCUT2D eigenvalue weighted by molar-refractivity contribution is -0.133. The first kappa shape index (κ1) is 15.7. The molecule has 0 bridgehead atoms. The summed E-state index contributed by atoms with van der Waals surface area (Å²) in [7, 11) is 3.43. The lowest BCUT2D eigenvalue weighted by atomic mass is 10.1. The second-order valence-electron chi connectivity index (χ2n) is 3.97. The Morgan fingerprint density at radius 1 is 1.50 bits per heavy atom. The normalized spacial score (nSPS) is 14.6. The molecule has 0 aromatic heterocycles. The van der Waals surface area contributed by atoms with E-state index in [2.05, 4.69) is 13.2 Å². The number of thioether (sulfide) groups is 1. The van der Waals surface area contributed by atoms with Crippen LogP contribution in [-0.2, 0) is 9.53 Å². The Morgan fingerprint density at radius 2 is 2.12 bits per heavy atom. The van der Waals surface area contributed by atoms with Crippen LogP contribution in [0.4, 0.5) is 0 Å². The van der Waals surface area contributed by atoms with Gasteiger partial charge in [-0.2, -0.15) is 11.8 Å². The van der Waals surface area contributed by atoms with Gasteiger partial charge in [0.15, 0.2) is 0 Å². The number of likely N-dealkylation sites (N-methyl/N-ethyl adjacent to an activating group) is 1. The molecule has 4 nitrogen and oxygen atoms in total. The van der Waals surface area contributed by atoms with Crippen LogP contribution in [0.2, 0.25) is 0 Å². The van der Waals surface area contributed by atoms with E-state index in [1.54, 1.807) is 23.8 Å². The third-order valence-electron chi connectivity index (χ3n) is 2.70. The van der Waals surface area contributed by atoms with Crippen molar-refractivity contribution in [1.29, 1.82) is 0 Å². The molecule has 0 fully saturated rings. The molecule has 2 unspecified atom stereocenters. The van der Waals surface area contributed by atoms with E-state index in [1.165, 1.54) is 0 Å². The number of hydrogen-bond donors (Lipinski definition) is 1. The predicted octanol–water partition coefficient (Wildman–Crippen LogP) is 0.950. The fourth-order valence-electron chi connectivity index (χ4n) is 1.33. The van der Waals surface area contributed by atoms with E-state index in [-0.39, 0.29) is 11.9 Å². The van der Waals surface area contributed by atoms with Gasteiger partial charge in [0, 0.05) is 26.8 Å². The number of carbonyl (C=O) groups excluding carboxylic acids is 1. The molecule has 96 valence electrons. The highest BCUT2D eigenvalue weighted by Gasteiger charge is 2.21. The SMILES string of the molecule is COCCC(N)C(=O)N(C)C(C)CCSC. The lowest BCUT2D eigenvalue weighted by Gasteiger charge is -2.27. The third kappa shape index (κ3) is 5.72. The Kier molecular flexibility index (Phi) is 8.70. The van der Waals surface area contributed by atoms with Gasteiger partial charge in [-0.3, -0.25) is 4.79 Å². The minimum Gasteiger partial charge on any atom is -0.385 e. The van der Waals surface area contributed by atoms with E-state index < -0.39 is 6.04 Å². The van der Waals surface area contributed by atoms with Crippen molar-refractivity contribution in [1.82, 2.24) is 4.90 Å². The molecule has 0 rings (SSSR count). The van der Waals surface area contributed by atoms with Gasteiger partial charge >= 0.3 is 0 Å². The van der Waals surface area contributed by atoms with Crippen LogP contribution in [0.3, 0.4) is 0 Å². The van der Waals surface area contributed by atoms with Crippen molar-refractivity contribution in [3.05, 3.63) is 0 Å². The highest BCUT2D eigenvalue weighted by Crippen LogP contribution is 2.08. The molecule has 0 aromatic carbocycles. The molecule has 16 heavy (non-hydrogen) atoms. The first-order valence-electron chi connectivity index (χ1n) is 5.54. The maximum Gasteiger partial charge on any atom is 0.239 e. The van der Waals surface area contributed by atoms with Crippen molar-refractivity contribution in [2.75, 3.05) is 32.8 Å². The predicted molar refractivity (Wildman–Crippen MR) is 69.7 cm³/mol. The largest absolute Gasteiger partial charge is 0.385 e. The van der Waals surface area contributed by atoms with Gasteiger partial charge in [0.25, 0.3) is 0 Å². The number of nitrogens with two attached hydrogens (primary N) is 1. The quantitative estimate of drug-likeness (QED) is 0.695. The van der Waals surface area contributed by atoms with Crippen molar-refractivity contribution in [2.45, 2.75) is 31.8 Å². The van der Waals surface area contributed by atoms with E-state index in [0.29, 0.717) is 13.0 Å². The van der Waals surface area contributed by atoms with Crippen LogP contribution >= 0.6 is 11.8 Å². The van der Waals surface area contributed by atoms with Gasteiger partial charge < -0.3 is 15.4 Å². The van der Waals surface area contributed by atoms with E-state index in [9.17, 15) is 4.79 Å². The second-order valence-corrected chi connectivity index (χ2v) is 4.95. The molecule has 5 heteroatoms. The first-order chi connectivity index (χ1) is 7.54. The topological polar surface area (TPSA) is 55.6 Å². The summed E-state index contributed by atoms with van der Waals surface area (Å²) in [5.74, 6) is 1.07. The summed E-state index contributed by atoms with van der Waals surface area (Å²) >= 11 is 1.79. The number of methoxy groups -OCH3 is 1. The highest BCUT2D eigenvalue weighted by atomic mass is 32.2. The summed E-state index contributed by atoms with van der Waals surface area (Å²) in [6.07, 6.45) is 3.65. The molecule has 0 aliphatic carbocycles. The summed E-state index contributed by atoms with van der Waals surface area (Å²) in [4.78, 5) is 13.6. The van der Waals surface area contributed by atoms with Crippen molar-refractivity contribution in [3.63, 3.8) is 0 Å². The number of hydrogen-bond acceptors (Lipinski definition) is 4. The number of rotatable bonds is 8. The average molecular weight is 248 g/mol. The standard InChI is InChI=1S/C11H24N2O2S/c1-9(6-8-16-4)13(2)11(14)10(12)5-7-15-3/h9-10H,5-8,12H2,1-4H3. The molecule has 0 spiro atoms. The maximum atomic E-state index is 11.9. The number of ether oxygens (including phenoxy) is 1. The molecule has 2 N–H and O–H groups in total. The van der Waals surface area contributed by atoms with Gasteiger partial charge in [-0.1, -0.05) is 0 Å². The van der Waals surface area contributed by atoms with Crippen molar-refractivity contribution in [2.24, 2.45) is 5.73 Å². The van der Waals surface area contributed by atoms with Gasteiger partial charge in [0.1, 0.15) is 0 Å². The van der Waals surface area contributed by atoms with Gasteiger partial charge in [-0.25, -0.2) is 0 Å². The fraction of sp³-hybridized carbons (Fsp3) is 0.909. The molecular weight excluding hydrogens is 224 g/mol. The average Bonchev–Trinajstić information content (AvgIpc) is 2.30. The molecule has 0 aliphatic rings. The second kappa shape index (κ2) is 8.84. The summed E-state index contributed by atoms with van der Waals surface area (Å²) < 4.78 is 4.91. The van der Waals surface area contributed by atoms with Crippen LogP contribution in [-0.4, -0.2) is 55.7 Å². The number of amides is 1. The third-order valence-corrected chi connectivity index (χ3v) is 3.34. The Balaban J connectivity index is 4.04. The van der Waals surface area contributed by atoms with Crippen LogP contribution in [0.5, 0.6) is 0 Å². The Labute approximate surface area is 103 Å². The summed E-state index contributed by atoms with van der Waals surface area (Å²) in [5.41, 5.74) is 5.79. The van der Waals surface area contributed by atoms with Crippen LogP contribution < -0.4 is 5.73 Å². The molecule has 0 aromatic rings. The van der Waals surface area contributed by atoms with Crippen molar-refractivity contribution in [3.8, 4) is 0 Å². The smallest absolute Gasteiger partial charge is 0.239 e. The Hall–Kier alpha value is -0.260. The minimum atomic E-state index is -0.443. The monoisotopic (exact) mass is 248 g/mol. The summed E-state index contributed by atoms with van der Waals surface area (Å²) in [6, 6.07) is -0.199. The molecule has 0 saturated heterocycles. The molecule has 1 amide bonds. The highest BCUT2D eigenvalue weighted by molar-refractivity contribution is 7.98. The van der Waals surface area contributed by atoms with E-state index in [0.717, 1.165) is 12.2 Å². The van der Waals surface area contributed by atoms with E-state index in [1.807, 2.05) is 7.05 Å². The fourth-order valence-corrected chi connectivity index (χ4v) is 1.91. The summed E-state index contributed by atoms with van der Waals surface area (Å²) in [6.45, 7) is 2.58. The van der Waals surface area contributed by atoms with Crippen LogP contribution in [0.1, 0.15) is 19.8 Å². The Morgan fingerprint density at radius 3 is 2.62 bits per heavy atom. The molecule has 0 heterocycles. The molecule has 0 aliphatic heterocycles. The van der Waals surface area contributed by atoms with E-state index in [4.69, 9.17) is 10.5 Å². The molecule has 0 radical (unpaired) electrons. The van der Waals surface area contributed by atoms with Gasteiger partial charge in [0.2, 0.25) is 5.91 Å². The Bertz CT molecular complexity index is 202. The zero-order valence-corrected chi connectivity index (χ0v) is 11.5. The summed E-state index contributed by atoms with van der Waals surface area (Å²) in [5, 5.41) is 0. The molecule has 0 saturated carbocycles. The number of carbonyl (C=O) groups is 1. The van der Waals surface area contributed by atoms with Crippen LogP contribution in [0, 0.1) is 0 Å². The van der Waals surface area contributed by atoms with E-state index >= 15 is 0 Å².